The molecule has 28 heavy (non-hydrogen) atoms. The van der Waals surface area contributed by atoms with Crippen LogP contribution in [0.3, 0.4) is 0 Å². The quantitative estimate of drug-likeness (QED) is 0.510. The first-order valence-corrected chi connectivity index (χ1v) is 9.68. The summed E-state index contributed by atoms with van der Waals surface area (Å²) in [5, 5.41) is 7.56. The van der Waals surface area contributed by atoms with Gasteiger partial charge in [-0.15, -0.1) is 11.3 Å². The van der Waals surface area contributed by atoms with Crippen LogP contribution in [0.1, 0.15) is 26.7 Å². The van der Waals surface area contributed by atoms with Gasteiger partial charge in [0, 0.05) is 31.4 Å². The molecule has 1 heterocycles. The summed E-state index contributed by atoms with van der Waals surface area (Å²) < 4.78 is 40.9. The van der Waals surface area contributed by atoms with Crippen LogP contribution in [0, 0.1) is 13.8 Å². The fraction of sp³-hybridized carbons (Fsp3) is 0.474. The van der Waals surface area contributed by atoms with Gasteiger partial charge in [0.05, 0.1) is 17.3 Å². The van der Waals surface area contributed by atoms with Gasteiger partial charge in [0.25, 0.3) is 0 Å². The number of halogens is 3. The van der Waals surface area contributed by atoms with E-state index in [0.29, 0.717) is 18.1 Å². The van der Waals surface area contributed by atoms with Crippen molar-refractivity contribution in [1.29, 1.82) is 0 Å². The van der Waals surface area contributed by atoms with E-state index >= 15 is 0 Å². The van der Waals surface area contributed by atoms with Crippen molar-refractivity contribution >= 4 is 17.3 Å². The standard InChI is InChI=1S/C19H25F3N4OS/c1-13-14(2)28-17(26-13)8-9-24-18(23-3)25-10-15-4-6-16(7-5-15)11-27-12-19(20,21)22/h4-7H,8-12H2,1-3H3,(H2,23,24,25). The fourth-order valence-corrected chi connectivity index (χ4v) is 3.31. The predicted octanol–water partition coefficient (Wildman–Crippen LogP) is 3.75. The zero-order valence-corrected chi connectivity index (χ0v) is 17.0. The Bertz CT molecular complexity index is 753. The van der Waals surface area contributed by atoms with Crippen molar-refractivity contribution in [1.82, 2.24) is 15.6 Å². The molecule has 0 aliphatic rings. The van der Waals surface area contributed by atoms with Gasteiger partial charge in [-0.25, -0.2) is 4.98 Å². The number of alkyl halides is 3. The molecular weight excluding hydrogens is 389 g/mol. The van der Waals surface area contributed by atoms with E-state index in [2.05, 4.69) is 32.3 Å². The highest BCUT2D eigenvalue weighted by Gasteiger charge is 2.27. The summed E-state index contributed by atoms with van der Waals surface area (Å²) in [6, 6.07) is 7.23. The number of aromatic nitrogens is 1. The predicted molar refractivity (Wildman–Crippen MR) is 106 cm³/mol. The number of nitrogens with zero attached hydrogens (tertiary/aromatic N) is 2. The second kappa shape index (κ2) is 10.4. The molecule has 0 aliphatic heterocycles. The molecule has 9 heteroatoms. The Kier molecular flexibility index (Phi) is 8.25. The summed E-state index contributed by atoms with van der Waals surface area (Å²) in [7, 11) is 1.70. The van der Waals surface area contributed by atoms with Gasteiger partial charge in [-0.1, -0.05) is 24.3 Å². The molecule has 2 N–H and O–H groups in total. The number of rotatable bonds is 8. The van der Waals surface area contributed by atoms with Crippen LogP contribution >= 0.6 is 11.3 Å². The third-order valence-corrected chi connectivity index (χ3v) is 5.08. The number of benzene rings is 1. The third kappa shape index (κ3) is 7.85. The first kappa shape index (κ1) is 22.2. The molecule has 0 saturated heterocycles. The number of guanidine groups is 1. The SMILES string of the molecule is CN=C(NCCc1nc(C)c(C)s1)NCc1ccc(COCC(F)(F)F)cc1. The molecule has 0 spiro atoms. The summed E-state index contributed by atoms with van der Waals surface area (Å²) >= 11 is 1.71. The maximum absolute atomic E-state index is 12.1. The lowest BCUT2D eigenvalue weighted by atomic mass is 10.1. The number of hydrogen-bond donors (Lipinski definition) is 2. The van der Waals surface area contributed by atoms with Crippen molar-refractivity contribution in [3.8, 4) is 0 Å². The minimum Gasteiger partial charge on any atom is -0.367 e. The number of thiazole rings is 1. The van der Waals surface area contributed by atoms with Gasteiger partial charge in [0.2, 0.25) is 0 Å². The van der Waals surface area contributed by atoms with Gasteiger partial charge in [-0.05, 0) is 25.0 Å². The molecular formula is C19H25F3N4OS. The van der Waals surface area contributed by atoms with Crippen molar-refractivity contribution in [2.45, 2.75) is 39.6 Å². The first-order valence-electron chi connectivity index (χ1n) is 8.86. The molecule has 2 aromatic rings. The number of aliphatic imine (C=N–C) groups is 1. The Morgan fingerprint density at radius 2 is 1.82 bits per heavy atom. The molecule has 154 valence electrons. The Balaban J connectivity index is 1.72. The average Bonchev–Trinajstić information content (AvgIpc) is 2.95. The van der Waals surface area contributed by atoms with Crippen molar-refractivity contribution in [2.75, 3.05) is 20.2 Å². The number of hydrogen-bond acceptors (Lipinski definition) is 4. The summed E-state index contributed by atoms with van der Waals surface area (Å²) in [5.41, 5.74) is 2.77. The molecule has 0 radical (unpaired) electrons. The molecule has 0 amide bonds. The van der Waals surface area contributed by atoms with Gasteiger partial charge in [-0.2, -0.15) is 13.2 Å². The van der Waals surface area contributed by atoms with E-state index in [1.165, 1.54) is 4.88 Å². The fourth-order valence-electron chi connectivity index (χ4n) is 2.38. The summed E-state index contributed by atoms with van der Waals surface area (Å²) in [5.74, 6) is 0.683. The van der Waals surface area contributed by atoms with Crippen molar-refractivity contribution in [3.63, 3.8) is 0 Å². The van der Waals surface area contributed by atoms with E-state index in [1.807, 2.05) is 19.1 Å². The third-order valence-electron chi connectivity index (χ3n) is 3.95. The summed E-state index contributed by atoms with van der Waals surface area (Å²) in [4.78, 5) is 9.94. The van der Waals surface area contributed by atoms with Crippen LogP contribution in [0.15, 0.2) is 29.3 Å². The normalized spacial score (nSPS) is 12.3. The van der Waals surface area contributed by atoms with Crippen molar-refractivity contribution < 1.29 is 17.9 Å². The van der Waals surface area contributed by atoms with E-state index in [4.69, 9.17) is 0 Å². The molecule has 0 unspecified atom stereocenters. The maximum atomic E-state index is 12.1. The smallest absolute Gasteiger partial charge is 0.367 e. The first-order chi connectivity index (χ1) is 13.3. The second-order valence-corrected chi connectivity index (χ2v) is 7.56. The van der Waals surface area contributed by atoms with Crippen LogP contribution in [0.5, 0.6) is 0 Å². The largest absolute Gasteiger partial charge is 0.411 e. The van der Waals surface area contributed by atoms with Gasteiger partial charge < -0.3 is 15.4 Å². The minimum absolute atomic E-state index is 0.0633. The maximum Gasteiger partial charge on any atom is 0.411 e. The van der Waals surface area contributed by atoms with Crippen LogP contribution in [-0.4, -0.2) is 37.3 Å². The lowest BCUT2D eigenvalue weighted by molar-refractivity contribution is -0.176. The molecule has 0 fully saturated rings. The molecule has 0 aliphatic carbocycles. The Labute approximate surface area is 167 Å². The highest BCUT2D eigenvalue weighted by molar-refractivity contribution is 7.11. The molecule has 1 aromatic carbocycles. The van der Waals surface area contributed by atoms with Crippen molar-refractivity contribution in [2.24, 2.45) is 4.99 Å². The van der Waals surface area contributed by atoms with Crippen LogP contribution < -0.4 is 10.6 Å². The van der Waals surface area contributed by atoms with Gasteiger partial charge in [0.1, 0.15) is 6.61 Å². The zero-order chi connectivity index (χ0) is 20.6. The van der Waals surface area contributed by atoms with E-state index in [1.54, 1.807) is 30.5 Å². The molecule has 5 nitrogen and oxygen atoms in total. The lowest BCUT2D eigenvalue weighted by Gasteiger charge is -2.12. The van der Waals surface area contributed by atoms with Crippen LogP contribution in [-0.2, 0) is 24.3 Å². The van der Waals surface area contributed by atoms with Crippen LogP contribution in [0.2, 0.25) is 0 Å². The number of nitrogens with one attached hydrogen (secondary N) is 2. The molecule has 1 aromatic heterocycles. The Morgan fingerprint density at radius 1 is 1.14 bits per heavy atom. The highest BCUT2D eigenvalue weighted by atomic mass is 32.1. The summed E-state index contributed by atoms with van der Waals surface area (Å²) in [6.45, 7) is 4.06. The number of aryl methyl sites for hydroxylation is 2. The number of ether oxygens (including phenoxy) is 1. The Morgan fingerprint density at radius 3 is 2.39 bits per heavy atom. The van der Waals surface area contributed by atoms with E-state index in [9.17, 15) is 13.2 Å². The minimum atomic E-state index is -4.30. The molecule has 2 rings (SSSR count). The van der Waals surface area contributed by atoms with E-state index in [0.717, 1.165) is 29.2 Å². The highest BCUT2D eigenvalue weighted by Crippen LogP contribution is 2.17. The van der Waals surface area contributed by atoms with E-state index in [-0.39, 0.29) is 6.61 Å². The molecule has 0 saturated carbocycles. The summed E-state index contributed by atoms with van der Waals surface area (Å²) in [6.07, 6.45) is -3.48. The van der Waals surface area contributed by atoms with Crippen LogP contribution in [0.4, 0.5) is 13.2 Å². The average molecular weight is 414 g/mol. The Hall–Kier alpha value is -2.13. The molecule has 0 bridgehead atoms. The van der Waals surface area contributed by atoms with Gasteiger partial charge in [0.15, 0.2) is 5.96 Å². The molecule has 0 atom stereocenters. The zero-order valence-electron chi connectivity index (χ0n) is 16.2. The van der Waals surface area contributed by atoms with Crippen LogP contribution in [0.25, 0.3) is 0 Å². The topological polar surface area (TPSA) is 58.5 Å². The van der Waals surface area contributed by atoms with Gasteiger partial charge in [-0.3, -0.25) is 4.99 Å². The van der Waals surface area contributed by atoms with Gasteiger partial charge >= 0.3 is 6.18 Å². The van der Waals surface area contributed by atoms with Crippen molar-refractivity contribution in [3.05, 3.63) is 51.0 Å². The van der Waals surface area contributed by atoms with E-state index < -0.39 is 12.8 Å². The second-order valence-electron chi connectivity index (χ2n) is 6.28. The lowest BCUT2D eigenvalue weighted by Crippen LogP contribution is -2.37. The monoisotopic (exact) mass is 414 g/mol.